The van der Waals surface area contributed by atoms with Gasteiger partial charge in [0.2, 0.25) is 0 Å². The summed E-state index contributed by atoms with van der Waals surface area (Å²) in [5, 5.41) is 3.22. The van der Waals surface area contributed by atoms with Crippen LogP contribution < -0.4 is 5.32 Å². The predicted octanol–water partition coefficient (Wildman–Crippen LogP) is 4.76. The molecule has 18 heavy (non-hydrogen) atoms. The molecule has 0 fully saturated rings. The summed E-state index contributed by atoms with van der Waals surface area (Å²) in [5.41, 5.74) is 2.97. The molecule has 0 bridgehead atoms. The van der Waals surface area contributed by atoms with E-state index in [9.17, 15) is 4.39 Å². The van der Waals surface area contributed by atoms with Gasteiger partial charge in [0.25, 0.3) is 0 Å². The van der Waals surface area contributed by atoms with Crippen molar-refractivity contribution in [2.75, 3.05) is 5.32 Å². The molecule has 1 nitrogen and oxygen atoms in total. The van der Waals surface area contributed by atoms with Crippen molar-refractivity contribution in [2.24, 2.45) is 0 Å². The molecule has 2 rings (SSSR count). The summed E-state index contributed by atoms with van der Waals surface area (Å²) >= 11 is 3.25. The van der Waals surface area contributed by atoms with E-state index in [1.54, 1.807) is 6.07 Å². The van der Waals surface area contributed by atoms with E-state index >= 15 is 0 Å². The molecule has 0 saturated heterocycles. The minimum absolute atomic E-state index is 0.193. The fourth-order valence-electron chi connectivity index (χ4n) is 1.72. The van der Waals surface area contributed by atoms with Crippen molar-refractivity contribution in [3.63, 3.8) is 0 Å². The van der Waals surface area contributed by atoms with Gasteiger partial charge in [0.1, 0.15) is 5.82 Å². The van der Waals surface area contributed by atoms with Crippen molar-refractivity contribution >= 4 is 21.6 Å². The third-order valence-electron chi connectivity index (χ3n) is 2.86. The standard InChI is InChI=1S/C15H15BrFN/c1-2-11-3-7-14(8-4-11)18-10-12-5-6-13(16)9-15(12)17/h3-9,18H,2,10H2,1H3. The van der Waals surface area contributed by atoms with Crippen LogP contribution in [0.3, 0.4) is 0 Å². The Kier molecular flexibility index (Phi) is 4.37. The van der Waals surface area contributed by atoms with Gasteiger partial charge in [-0.25, -0.2) is 4.39 Å². The first-order valence-electron chi connectivity index (χ1n) is 5.96. The third kappa shape index (κ3) is 3.33. The Hall–Kier alpha value is -1.35. The molecule has 94 valence electrons. The number of aryl methyl sites for hydroxylation is 1. The topological polar surface area (TPSA) is 12.0 Å². The van der Waals surface area contributed by atoms with E-state index in [-0.39, 0.29) is 5.82 Å². The van der Waals surface area contributed by atoms with E-state index < -0.39 is 0 Å². The first kappa shape index (κ1) is 13.1. The number of hydrogen-bond donors (Lipinski definition) is 1. The lowest BCUT2D eigenvalue weighted by atomic mass is 10.1. The lowest BCUT2D eigenvalue weighted by Crippen LogP contribution is -2.01. The quantitative estimate of drug-likeness (QED) is 0.858. The van der Waals surface area contributed by atoms with Crippen LogP contribution in [-0.4, -0.2) is 0 Å². The van der Waals surface area contributed by atoms with Crippen molar-refractivity contribution in [2.45, 2.75) is 19.9 Å². The molecule has 0 aliphatic rings. The number of halogens is 2. The van der Waals surface area contributed by atoms with Crippen molar-refractivity contribution in [3.05, 3.63) is 63.9 Å². The Morgan fingerprint density at radius 1 is 1.11 bits per heavy atom. The average Bonchev–Trinajstić information content (AvgIpc) is 2.38. The molecule has 1 N–H and O–H groups in total. The molecule has 0 atom stereocenters. The van der Waals surface area contributed by atoms with Crippen LogP contribution in [0.4, 0.5) is 10.1 Å². The molecule has 0 radical (unpaired) electrons. The Bertz CT molecular complexity index is 523. The van der Waals surface area contributed by atoms with E-state index in [1.165, 1.54) is 11.6 Å². The van der Waals surface area contributed by atoms with Crippen LogP contribution in [0, 0.1) is 5.82 Å². The normalized spacial score (nSPS) is 10.4. The van der Waals surface area contributed by atoms with Crippen LogP contribution in [0.5, 0.6) is 0 Å². The first-order chi connectivity index (χ1) is 8.69. The smallest absolute Gasteiger partial charge is 0.129 e. The molecule has 0 unspecified atom stereocenters. The lowest BCUT2D eigenvalue weighted by Gasteiger charge is -2.08. The van der Waals surface area contributed by atoms with E-state index in [0.29, 0.717) is 12.1 Å². The van der Waals surface area contributed by atoms with Gasteiger partial charge in [-0.1, -0.05) is 41.1 Å². The molecule has 0 amide bonds. The Labute approximate surface area is 115 Å². The summed E-state index contributed by atoms with van der Waals surface area (Å²) in [6.07, 6.45) is 1.03. The summed E-state index contributed by atoms with van der Waals surface area (Å²) in [7, 11) is 0. The van der Waals surface area contributed by atoms with Crippen molar-refractivity contribution < 1.29 is 4.39 Å². The SMILES string of the molecule is CCc1ccc(NCc2ccc(Br)cc2F)cc1. The monoisotopic (exact) mass is 307 g/mol. The molecule has 3 heteroatoms. The second-order valence-electron chi connectivity index (χ2n) is 4.14. The van der Waals surface area contributed by atoms with E-state index in [0.717, 1.165) is 16.6 Å². The molecule has 0 saturated carbocycles. The number of hydrogen-bond acceptors (Lipinski definition) is 1. The van der Waals surface area contributed by atoms with Gasteiger partial charge in [-0.05, 0) is 36.2 Å². The lowest BCUT2D eigenvalue weighted by molar-refractivity contribution is 0.612. The summed E-state index contributed by atoms with van der Waals surface area (Å²) in [6, 6.07) is 13.3. The van der Waals surface area contributed by atoms with Crippen LogP contribution in [-0.2, 0) is 13.0 Å². The first-order valence-corrected chi connectivity index (χ1v) is 6.75. The fourth-order valence-corrected chi connectivity index (χ4v) is 2.05. The summed E-state index contributed by atoms with van der Waals surface area (Å²) < 4.78 is 14.4. The van der Waals surface area contributed by atoms with Gasteiger partial charge < -0.3 is 5.32 Å². The van der Waals surface area contributed by atoms with Gasteiger partial charge in [0.05, 0.1) is 0 Å². The maximum atomic E-state index is 13.6. The van der Waals surface area contributed by atoms with Gasteiger partial charge in [-0.2, -0.15) is 0 Å². The number of anilines is 1. The van der Waals surface area contributed by atoms with Crippen LogP contribution in [0.1, 0.15) is 18.1 Å². The van der Waals surface area contributed by atoms with Crippen LogP contribution in [0.25, 0.3) is 0 Å². The second kappa shape index (κ2) is 6.01. The van der Waals surface area contributed by atoms with E-state index in [4.69, 9.17) is 0 Å². The largest absolute Gasteiger partial charge is 0.381 e. The number of benzene rings is 2. The average molecular weight is 308 g/mol. The van der Waals surface area contributed by atoms with Gasteiger partial charge in [0, 0.05) is 22.3 Å². The zero-order valence-electron chi connectivity index (χ0n) is 10.2. The minimum atomic E-state index is -0.193. The molecular formula is C15H15BrFN. The molecule has 0 aliphatic heterocycles. The molecule has 2 aromatic carbocycles. The predicted molar refractivity (Wildman–Crippen MR) is 77.2 cm³/mol. The highest BCUT2D eigenvalue weighted by Crippen LogP contribution is 2.17. The fraction of sp³-hybridized carbons (Fsp3) is 0.200. The van der Waals surface area contributed by atoms with Gasteiger partial charge in [0.15, 0.2) is 0 Å². The van der Waals surface area contributed by atoms with Crippen LogP contribution >= 0.6 is 15.9 Å². The number of rotatable bonds is 4. The van der Waals surface area contributed by atoms with Gasteiger partial charge in [-0.3, -0.25) is 0 Å². The molecular weight excluding hydrogens is 293 g/mol. The van der Waals surface area contributed by atoms with Crippen molar-refractivity contribution in [3.8, 4) is 0 Å². The zero-order valence-corrected chi connectivity index (χ0v) is 11.8. The molecule has 0 spiro atoms. The van der Waals surface area contributed by atoms with E-state index in [1.807, 2.05) is 18.2 Å². The Morgan fingerprint density at radius 3 is 2.44 bits per heavy atom. The molecule has 0 aromatic heterocycles. The molecule has 2 aromatic rings. The highest BCUT2D eigenvalue weighted by Gasteiger charge is 2.02. The van der Waals surface area contributed by atoms with Gasteiger partial charge >= 0.3 is 0 Å². The third-order valence-corrected chi connectivity index (χ3v) is 3.35. The highest BCUT2D eigenvalue weighted by atomic mass is 79.9. The van der Waals surface area contributed by atoms with Gasteiger partial charge in [-0.15, -0.1) is 0 Å². The second-order valence-corrected chi connectivity index (χ2v) is 5.06. The summed E-state index contributed by atoms with van der Waals surface area (Å²) in [5.74, 6) is -0.193. The molecule has 0 heterocycles. The Balaban J connectivity index is 2.02. The maximum absolute atomic E-state index is 13.6. The maximum Gasteiger partial charge on any atom is 0.129 e. The van der Waals surface area contributed by atoms with Crippen LogP contribution in [0.2, 0.25) is 0 Å². The number of nitrogens with one attached hydrogen (secondary N) is 1. The summed E-state index contributed by atoms with van der Waals surface area (Å²) in [6.45, 7) is 2.62. The highest BCUT2D eigenvalue weighted by molar-refractivity contribution is 9.10. The van der Waals surface area contributed by atoms with Crippen molar-refractivity contribution in [1.82, 2.24) is 0 Å². The minimum Gasteiger partial charge on any atom is -0.381 e. The van der Waals surface area contributed by atoms with Crippen molar-refractivity contribution in [1.29, 1.82) is 0 Å². The zero-order chi connectivity index (χ0) is 13.0. The summed E-state index contributed by atoms with van der Waals surface area (Å²) in [4.78, 5) is 0. The van der Waals surface area contributed by atoms with E-state index in [2.05, 4.69) is 40.3 Å². The Morgan fingerprint density at radius 2 is 1.83 bits per heavy atom. The van der Waals surface area contributed by atoms with Crippen LogP contribution in [0.15, 0.2) is 46.9 Å². The molecule has 0 aliphatic carbocycles.